The summed E-state index contributed by atoms with van der Waals surface area (Å²) >= 11 is 0. The molecule has 1 rings (SSSR count). The Morgan fingerprint density at radius 2 is 1.74 bits per heavy atom. The standard InChI is InChI=1S/C16H20F3NO3/c1-10(15(2,3)4)23-14(22)13(21)20-9-11-7-5-6-8-12(11)16(17,18)19/h5-8,10H,9H2,1-4H3,(H,20,21)/t10-/m1/s1. The summed E-state index contributed by atoms with van der Waals surface area (Å²) in [7, 11) is 0. The third kappa shape index (κ3) is 5.58. The highest BCUT2D eigenvalue weighted by atomic mass is 19.4. The summed E-state index contributed by atoms with van der Waals surface area (Å²) in [5.74, 6) is -2.19. The van der Waals surface area contributed by atoms with Crippen molar-refractivity contribution in [2.45, 2.75) is 46.5 Å². The number of carbonyl (C=O) groups excluding carboxylic acids is 2. The predicted molar refractivity (Wildman–Crippen MR) is 78.3 cm³/mol. The van der Waals surface area contributed by atoms with Crippen LogP contribution in [0, 0.1) is 5.41 Å². The molecule has 1 N–H and O–H groups in total. The number of alkyl halides is 3. The molecule has 0 aliphatic carbocycles. The number of esters is 1. The van der Waals surface area contributed by atoms with Gasteiger partial charge < -0.3 is 10.1 Å². The molecular weight excluding hydrogens is 311 g/mol. The number of benzene rings is 1. The zero-order chi connectivity index (χ0) is 17.8. The van der Waals surface area contributed by atoms with Crippen molar-refractivity contribution in [3.8, 4) is 0 Å². The van der Waals surface area contributed by atoms with Gasteiger partial charge in [-0.1, -0.05) is 39.0 Å². The minimum atomic E-state index is -4.53. The first-order valence-electron chi connectivity index (χ1n) is 7.07. The van der Waals surface area contributed by atoms with E-state index in [0.29, 0.717) is 0 Å². The Morgan fingerprint density at radius 3 is 2.26 bits per heavy atom. The number of nitrogens with one attached hydrogen (secondary N) is 1. The first-order chi connectivity index (χ1) is 10.4. The maximum atomic E-state index is 12.8. The summed E-state index contributed by atoms with van der Waals surface area (Å²) in [4.78, 5) is 23.3. The molecule has 0 saturated carbocycles. The van der Waals surface area contributed by atoms with Crippen LogP contribution in [0.5, 0.6) is 0 Å². The first kappa shape index (κ1) is 19.0. The van der Waals surface area contributed by atoms with E-state index in [-0.39, 0.29) is 11.0 Å². The predicted octanol–water partition coefficient (Wildman–Crippen LogP) is 3.30. The molecule has 0 aromatic heterocycles. The normalized spacial score (nSPS) is 13.3. The molecule has 1 amide bonds. The number of ether oxygens (including phenoxy) is 1. The van der Waals surface area contributed by atoms with E-state index in [1.54, 1.807) is 6.92 Å². The van der Waals surface area contributed by atoms with Crippen LogP contribution in [0.25, 0.3) is 0 Å². The fraction of sp³-hybridized carbons (Fsp3) is 0.500. The lowest BCUT2D eigenvalue weighted by Crippen LogP contribution is -2.37. The Labute approximate surface area is 133 Å². The van der Waals surface area contributed by atoms with Crippen LogP contribution in [0.2, 0.25) is 0 Å². The molecule has 23 heavy (non-hydrogen) atoms. The van der Waals surface area contributed by atoms with E-state index in [1.807, 2.05) is 20.8 Å². The SMILES string of the molecule is C[C@@H](OC(=O)C(=O)NCc1ccccc1C(F)(F)F)C(C)(C)C. The fourth-order valence-electron chi connectivity index (χ4n) is 1.59. The van der Waals surface area contributed by atoms with Crippen molar-refractivity contribution in [3.05, 3.63) is 35.4 Å². The molecule has 7 heteroatoms. The van der Waals surface area contributed by atoms with E-state index in [9.17, 15) is 22.8 Å². The van der Waals surface area contributed by atoms with Crippen molar-refractivity contribution >= 4 is 11.9 Å². The number of rotatable bonds is 3. The van der Waals surface area contributed by atoms with Crippen molar-refractivity contribution in [1.82, 2.24) is 5.32 Å². The Kier molecular flexibility index (Phi) is 5.80. The number of halogens is 3. The molecule has 0 unspecified atom stereocenters. The van der Waals surface area contributed by atoms with E-state index in [4.69, 9.17) is 4.74 Å². The van der Waals surface area contributed by atoms with Gasteiger partial charge in [0, 0.05) is 6.54 Å². The second-order valence-electron chi connectivity index (χ2n) is 6.25. The van der Waals surface area contributed by atoms with Gasteiger partial charge in [-0.3, -0.25) is 4.79 Å². The summed E-state index contributed by atoms with van der Waals surface area (Å²) in [6.07, 6.45) is -5.04. The third-order valence-electron chi connectivity index (χ3n) is 3.45. The van der Waals surface area contributed by atoms with Gasteiger partial charge in [0.15, 0.2) is 0 Å². The van der Waals surface area contributed by atoms with E-state index < -0.39 is 36.3 Å². The van der Waals surface area contributed by atoms with Crippen molar-refractivity contribution in [2.75, 3.05) is 0 Å². The average Bonchev–Trinajstić information content (AvgIpc) is 2.42. The van der Waals surface area contributed by atoms with Gasteiger partial charge in [-0.2, -0.15) is 13.2 Å². The molecule has 0 radical (unpaired) electrons. The second kappa shape index (κ2) is 7.02. The minimum Gasteiger partial charge on any atom is -0.455 e. The Morgan fingerprint density at radius 1 is 1.17 bits per heavy atom. The zero-order valence-electron chi connectivity index (χ0n) is 13.5. The van der Waals surface area contributed by atoms with Gasteiger partial charge in [-0.05, 0) is 24.0 Å². The molecule has 0 aliphatic heterocycles. The van der Waals surface area contributed by atoms with Crippen molar-refractivity contribution in [2.24, 2.45) is 5.41 Å². The molecule has 0 fully saturated rings. The molecule has 0 spiro atoms. The van der Waals surface area contributed by atoms with Crippen LogP contribution in [0.1, 0.15) is 38.8 Å². The largest absolute Gasteiger partial charge is 0.455 e. The van der Waals surface area contributed by atoms with Crippen LogP contribution in [-0.4, -0.2) is 18.0 Å². The molecule has 0 heterocycles. The lowest BCUT2D eigenvalue weighted by molar-refractivity contribution is -0.162. The van der Waals surface area contributed by atoms with Crippen molar-refractivity contribution in [3.63, 3.8) is 0 Å². The Balaban J connectivity index is 2.69. The molecule has 1 aromatic carbocycles. The number of amides is 1. The van der Waals surface area contributed by atoms with Gasteiger partial charge in [0.05, 0.1) is 5.56 Å². The summed E-state index contributed by atoms with van der Waals surface area (Å²) in [6.45, 7) is 6.74. The Hall–Kier alpha value is -2.05. The highest BCUT2D eigenvalue weighted by Gasteiger charge is 2.33. The topological polar surface area (TPSA) is 55.4 Å². The van der Waals surface area contributed by atoms with E-state index >= 15 is 0 Å². The molecule has 0 aliphatic rings. The minimum absolute atomic E-state index is 0.120. The quantitative estimate of drug-likeness (QED) is 0.683. The van der Waals surface area contributed by atoms with Crippen LogP contribution in [-0.2, 0) is 27.0 Å². The first-order valence-corrected chi connectivity index (χ1v) is 7.07. The van der Waals surface area contributed by atoms with Crippen LogP contribution in [0.4, 0.5) is 13.2 Å². The molecule has 1 aromatic rings. The van der Waals surface area contributed by atoms with Gasteiger partial charge >= 0.3 is 18.1 Å². The van der Waals surface area contributed by atoms with E-state index in [0.717, 1.165) is 6.07 Å². The number of carbonyl (C=O) groups is 2. The highest BCUT2D eigenvalue weighted by Crippen LogP contribution is 2.31. The number of hydrogen-bond acceptors (Lipinski definition) is 3. The van der Waals surface area contributed by atoms with Crippen LogP contribution in [0.15, 0.2) is 24.3 Å². The van der Waals surface area contributed by atoms with Gasteiger partial charge in [0.2, 0.25) is 0 Å². The van der Waals surface area contributed by atoms with Gasteiger partial charge in [-0.15, -0.1) is 0 Å². The molecule has 0 bridgehead atoms. The van der Waals surface area contributed by atoms with Gasteiger partial charge in [-0.25, -0.2) is 4.79 Å². The Bertz CT molecular complexity index is 577. The molecule has 4 nitrogen and oxygen atoms in total. The van der Waals surface area contributed by atoms with Crippen LogP contribution >= 0.6 is 0 Å². The van der Waals surface area contributed by atoms with Gasteiger partial charge in [0.25, 0.3) is 0 Å². The highest BCUT2D eigenvalue weighted by molar-refractivity contribution is 6.32. The lowest BCUT2D eigenvalue weighted by atomic mass is 9.90. The van der Waals surface area contributed by atoms with Crippen LogP contribution < -0.4 is 5.32 Å². The van der Waals surface area contributed by atoms with E-state index in [1.165, 1.54) is 18.2 Å². The molecular formula is C16H20F3NO3. The van der Waals surface area contributed by atoms with Gasteiger partial charge in [0.1, 0.15) is 6.10 Å². The molecule has 0 saturated heterocycles. The molecule has 128 valence electrons. The third-order valence-corrected chi connectivity index (χ3v) is 3.45. The smallest absolute Gasteiger partial charge is 0.416 e. The van der Waals surface area contributed by atoms with Crippen LogP contribution in [0.3, 0.4) is 0 Å². The maximum Gasteiger partial charge on any atom is 0.416 e. The van der Waals surface area contributed by atoms with E-state index in [2.05, 4.69) is 5.32 Å². The molecule has 1 atom stereocenters. The maximum absolute atomic E-state index is 12.8. The van der Waals surface area contributed by atoms with Crippen molar-refractivity contribution in [1.29, 1.82) is 0 Å². The summed E-state index contributed by atoms with van der Waals surface area (Å²) < 4.78 is 43.5. The zero-order valence-corrected chi connectivity index (χ0v) is 13.5. The second-order valence-corrected chi connectivity index (χ2v) is 6.25. The monoisotopic (exact) mass is 331 g/mol. The van der Waals surface area contributed by atoms with Crippen molar-refractivity contribution < 1.29 is 27.5 Å². The fourth-order valence-corrected chi connectivity index (χ4v) is 1.59. The lowest BCUT2D eigenvalue weighted by Gasteiger charge is -2.26. The summed E-state index contributed by atoms with van der Waals surface area (Å²) in [5.41, 5.74) is -1.32. The number of hydrogen-bond donors (Lipinski definition) is 1. The summed E-state index contributed by atoms with van der Waals surface area (Å²) in [6, 6.07) is 4.85. The summed E-state index contributed by atoms with van der Waals surface area (Å²) in [5, 5.41) is 2.15. The average molecular weight is 331 g/mol.